The van der Waals surface area contributed by atoms with Gasteiger partial charge in [-0.25, -0.2) is 4.79 Å². The lowest BCUT2D eigenvalue weighted by molar-refractivity contribution is -0.146. The zero-order valence-corrected chi connectivity index (χ0v) is 12.3. The van der Waals surface area contributed by atoms with Crippen molar-refractivity contribution in [2.24, 2.45) is 17.8 Å². The van der Waals surface area contributed by atoms with Crippen molar-refractivity contribution >= 4 is 22.8 Å². The number of carbonyl (C=O) groups is 2. The van der Waals surface area contributed by atoms with Crippen molar-refractivity contribution in [3.8, 4) is 0 Å². The zero-order valence-electron chi connectivity index (χ0n) is 12.3. The molecule has 23 heavy (non-hydrogen) atoms. The van der Waals surface area contributed by atoms with Crippen LogP contribution in [-0.4, -0.2) is 29.1 Å². The Morgan fingerprint density at radius 1 is 1.26 bits per heavy atom. The van der Waals surface area contributed by atoms with Crippen LogP contribution in [0.5, 0.6) is 0 Å². The van der Waals surface area contributed by atoms with Crippen LogP contribution in [0.1, 0.15) is 23.2 Å². The molecule has 2 aromatic rings. The van der Waals surface area contributed by atoms with Gasteiger partial charge in [-0.3, -0.25) is 9.78 Å². The monoisotopic (exact) mass is 309 g/mol. The van der Waals surface area contributed by atoms with Gasteiger partial charge in [-0.1, -0.05) is 6.07 Å². The molecule has 1 aromatic heterocycles. The standard InChI is InChI=1S/C18H15NO4/c20-17(10-3-4-14-9(6-10)2-1-5-19-14)22-15-11-7-12-13(8-11)18(21)23-16(12)15/h1-6,11-13,15-16H,7-8H2/t11-,12+,13-,15-,16+/m1/s1. The second-order valence-electron chi connectivity index (χ2n) is 6.68. The van der Waals surface area contributed by atoms with Gasteiger partial charge in [0.25, 0.3) is 0 Å². The molecule has 3 aliphatic rings. The van der Waals surface area contributed by atoms with Gasteiger partial charge < -0.3 is 9.47 Å². The van der Waals surface area contributed by atoms with Crippen LogP contribution in [0.4, 0.5) is 0 Å². The highest BCUT2D eigenvalue weighted by molar-refractivity contribution is 5.94. The van der Waals surface area contributed by atoms with Crippen LogP contribution in [0.2, 0.25) is 0 Å². The molecule has 1 aromatic carbocycles. The second kappa shape index (κ2) is 4.54. The fraction of sp³-hybridized carbons (Fsp3) is 0.389. The fourth-order valence-electron chi connectivity index (χ4n) is 4.46. The zero-order chi connectivity index (χ0) is 15.6. The summed E-state index contributed by atoms with van der Waals surface area (Å²) in [6.45, 7) is 0. The lowest BCUT2D eigenvalue weighted by atomic mass is 9.88. The summed E-state index contributed by atoms with van der Waals surface area (Å²) < 4.78 is 11.2. The largest absolute Gasteiger partial charge is 0.458 e. The first-order valence-electron chi connectivity index (χ1n) is 7.97. The van der Waals surface area contributed by atoms with E-state index in [9.17, 15) is 9.59 Å². The van der Waals surface area contributed by atoms with Crippen LogP contribution in [-0.2, 0) is 14.3 Å². The molecule has 2 saturated carbocycles. The maximum atomic E-state index is 12.5. The number of rotatable bonds is 2. The van der Waals surface area contributed by atoms with Gasteiger partial charge in [-0.15, -0.1) is 0 Å². The lowest BCUT2D eigenvalue weighted by Gasteiger charge is -2.25. The number of fused-ring (bicyclic) bond motifs is 2. The van der Waals surface area contributed by atoms with E-state index in [1.807, 2.05) is 18.2 Å². The molecule has 0 radical (unpaired) electrons. The molecule has 0 spiro atoms. The molecule has 3 fully saturated rings. The van der Waals surface area contributed by atoms with Gasteiger partial charge in [0.05, 0.1) is 17.0 Å². The minimum atomic E-state index is -0.354. The summed E-state index contributed by atoms with van der Waals surface area (Å²) in [6.07, 6.45) is 2.91. The van der Waals surface area contributed by atoms with Gasteiger partial charge >= 0.3 is 11.9 Å². The van der Waals surface area contributed by atoms with Crippen LogP contribution in [0, 0.1) is 17.8 Å². The Morgan fingerprint density at radius 2 is 2.17 bits per heavy atom. The summed E-state index contributed by atoms with van der Waals surface area (Å²) in [5.41, 5.74) is 1.35. The van der Waals surface area contributed by atoms with Crippen molar-refractivity contribution in [2.75, 3.05) is 0 Å². The van der Waals surface area contributed by atoms with Gasteiger partial charge in [-0.2, -0.15) is 0 Å². The summed E-state index contributed by atoms with van der Waals surface area (Å²) >= 11 is 0. The molecule has 5 rings (SSSR count). The third kappa shape index (κ3) is 1.82. The number of pyridine rings is 1. The highest BCUT2D eigenvalue weighted by Crippen LogP contribution is 2.55. The highest BCUT2D eigenvalue weighted by atomic mass is 16.6. The fourth-order valence-corrected chi connectivity index (χ4v) is 4.46. The number of aromatic nitrogens is 1. The quantitative estimate of drug-likeness (QED) is 0.797. The van der Waals surface area contributed by atoms with Gasteiger partial charge in [0.1, 0.15) is 12.2 Å². The molecular weight excluding hydrogens is 294 g/mol. The second-order valence-corrected chi connectivity index (χ2v) is 6.68. The van der Waals surface area contributed by atoms with E-state index in [-0.39, 0.29) is 41.9 Å². The molecule has 0 unspecified atom stereocenters. The molecule has 5 nitrogen and oxygen atoms in total. The van der Waals surface area contributed by atoms with Crippen LogP contribution in [0.15, 0.2) is 36.5 Å². The summed E-state index contributed by atoms with van der Waals surface area (Å²) in [6, 6.07) is 9.10. The summed E-state index contributed by atoms with van der Waals surface area (Å²) in [5.74, 6) is 0.0657. The third-order valence-electron chi connectivity index (χ3n) is 5.50. The Labute approximate surface area is 132 Å². The van der Waals surface area contributed by atoms with E-state index >= 15 is 0 Å². The van der Waals surface area contributed by atoms with E-state index in [0.717, 1.165) is 23.7 Å². The summed E-state index contributed by atoms with van der Waals surface area (Å²) in [4.78, 5) is 28.5. The Kier molecular flexibility index (Phi) is 2.57. The molecule has 5 heteroatoms. The van der Waals surface area contributed by atoms with E-state index in [2.05, 4.69) is 4.98 Å². The van der Waals surface area contributed by atoms with Crippen molar-refractivity contribution in [3.05, 3.63) is 42.1 Å². The number of hydrogen-bond donors (Lipinski definition) is 0. The topological polar surface area (TPSA) is 65.5 Å². The number of esters is 2. The van der Waals surface area contributed by atoms with Gasteiger partial charge in [0.15, 0.2) is 0 Å². The molecular formula is C18H15NO4. The third-order valence-corrected chi connectivity index (χ3v) is 5.50. The average molecular weight is 309 g/mol. The Bertz CT molecular complexity index is 833. The van der Waals surface area contributed by atoms with Gasteiger partial charge in [0.2, 0.25) is 0 Å². The Morgan fingerprint density at radius 3 is 3.09 bits per heavy atom. The van der Waals surface area contributed by atoms with Gasteiger partial charge in [-0.05, 0) is 37.1 Å². The molecule has 0 N–H and O–H groups in total. The number of ether oxygens (including phenoxy) is 2. The smallest absolute Gasteiger partial charge is 0.338 e. The normalized spacial score (nSPS) is 33.9. The molecule has 1 aliphatic heterocycles. The predicted octanol–water partition coefficient (Wildman–Crippen LogP) is 2.34. The van der Waals surface area contributed by atoms with E-state index in [0.29, 0.717) is 5.56 Å². The first kappa shape index (κ1) is 13.0. The Balaban J connectivity index is 1.40. The summed E-state index contributed by atoms with van der Waals surface area (Å²) in [5, 5.41) is 0.905. The number of carbonyl (C=O) groups excluding carboxylic acids is 2. The van der Waals surface area contributed by atoms with E-state index < -0.39 is 0 Å². The van der Waals surface area contributed by atoms with Gasteiger partial charge in [0, 0.05) is 23.4 Å². The molecule has 116 valence electrons. The van der Waals surface area contributed by atoms with Crippen molar-refractivity contribution in [1.29, 1.82) is 0 Å². The van der Waals surface area contributed by atoms with Crippen LogP contribution in [0.25, 0.3) is 10.9 Å². The van der Waals surface area contributed by atoms with Crippen LogP contribution >= 0.6 is 0 Å². The summed E-state index contributed by atoms with van der Waals surface area (Å²) in [7, 11) is 0. The molecule has 2 aliphatic carbocycles. The lowest BCUT2D eigenvalue weighted by Crippen LogP contribution is -2.36. The van der Waals surface area contributed by atoms with Crippen LogP contribution < -0.4 is 0 Å². The molecule has 5 atom stereocenters. The minimum absolute atomic E-state index is 0.0340. The van der Waals surface area contributed by atoms with Crippen molar-refractivity contribution < 1.29 is 19.1 Å². The van der Waals surface area contributed by atoms with Crippen molar-refractivity contribution in [3.63, 3.8) is 0 Å². The SMILES string of the molecule is O=C(O[C@@H]1[C@@H]2C[C@@H]3[C@@H]1OC(=O)[C@@H]3C2)c1ccc2ncccc2c1. The van der Waals surface area contributed by atoms with Crippen molar-refractivity contribution in [2.45, 2.75) is 25.0 Å². The minimum Gasteiger partial charge on any atom is -0.458 e. The van der Waals surface area contributed by atoms with E-state index in [1.54, 1.807) is 18.3 Å². The first-order chi connectivity index (χ1) is 11.2. The maximum Gasteiger partial charge on any atom is 0.338 e. The number of hydrogen-bond acceptors (Lipinski definition) is 5. The predicted molar refractivity (Wildman–Crippen MR) is 80.5 cm³/mol. The van der Waals surface area contributed by atoms with Crippen LogP contribution in [0.3, 0.4) is 0 Å². The molecule has 0 amide bonds. The molecule has 2 bridgehead atoms. The number of nitrogens with zero attached hydrogens (tertiary/aromatic N) is 1. The van der Waals surface area contributed by atoms with E-state index in [4.69, 9.17) is 9.47 Å². The number of benzene rings is 1. The maximum absolute atomic E-state index is 12.5. The molecule has 1 saturated heterocycles. The van der Waals surface area contributed by atoms with Crippen molar-refractivity contribution in [1.82, 2.24) is 4.98 Å². The van der Waals surface area contributed by atoms with E-state index in [1.165, 1.54) is 0 Å². The average Bonchev–Trinajstić information content (AvgIpc) is 3.19. The Hall–Kier alpha value is -2.43. The molecule has 2 heterocycles. The first-order valence-corrected chi connectivity index (χ1v) is 7.97. The highest BCUT2D eigenvalue weighted by Gasteiger charge is 2.63.